The van der Waals surface area contributed by atoms with Gasteiger partial charge in [0, 0.05) is 0 Å². The average Bonchev–Trinajstić information content (AvgIpc) is 2.62. The molecule has 33 heavy (non-hydrogen) atoms. The molecule has 0 bridgehead atoms. The normalized spacial score (nSPS) is 16.2. The van der Waals surface area contributed by atoms with Crippen molar-refractivity contribution in [1.29, 1.82) is 0 Å². The van der Waals surface area contributed by atoms with Crippen molar-refractivity contribution in [2.24, 2.45) is 0 Å². The summed E-state index contributed by atoms with van der Waals surface area (Å²) in [6, 6.07) is 0. The van der Waals surface area contributed by atoms with Crippen molar-refractivity contribution in [2.45, 2.75) is 54.1 Å². The summed E-state index contributed by atoms with van der Waals surface area (Å²) in [7, 11) is -3.56. The molecule has 0 aromatic carbocycles. The van der Waals surface area contributed by atoms with E-state index in [2.05, 4.69) is 4.52 Å². The monoisotopic (exact) mass is 557 g/mol. The highest BCUT2D eigenvalue weighted by atomic mass is 31.1. The quantitative estimate of drug-likeness (QED) is 0.189. The smallest absolute Gasteiger partial charge is 0.248 e. The van der Waals surface area contributed by atoms with E-state index in [1.165, 1.54) is 0 Å². The van der Waals surface area contributed by atoms with E-state index in [-0.39, 0.29) is 0 Å². The maximum absolute atomic E-state index is 13.5. The number of alkyl halides is 18. The van der Waals surface area contributed by atoms with E-state index < -0.39 is 81.5 Å². The second-order valence-electron chi connectivity index (χ2n) is 5.98. The molecule has 0 N–H and O–H groups in total. The summed E-state index contributed by atoms with van der Waals surface area (Å²) < 4.78 is 247. The Labute approximate surface area is 171 Å². The summed E-state index contributed by atoms with van der Waals surface area (Å²) in [6.07, 6.45) is -12.6. The van der Waals surface area contributed by atoms with E-state index in [9.17, 15) is 83.6 Å². The Morgan fingerprint density at radius 2 is 0.879 bits per heavy atom. The van der Waals surface area contributed by atoms with Crippen LogP contribution >= 0.6 is 8.03 Å². The third-order valence-electron chi connectivity index (χ3n) is 3.71. The Morgan fingerprint density at radius 1 is 0.545 bits per heavy atom. The number of hydrogen-bond acceptors (Lipinski definition) is 2. The Kier molecular flexibility index (Phi) is 8.78. The van der Waals surface area contributed by atoms with E-state index >= 15 is 0 Å². The molecule has 0 aliphatic carbocycles. The number of rotatable bonds is 12. The number of hydrogen-bond donors (Lipinski definition) is 0. The lowest BCUT2D eigenvalue weighted by molar-refractivity contribution is -0.461. The third kappa shape index (κ3) is 4.96. The molecule has 0 aliphatic heterocycles. The van der Waals surface area contributed by atoms with E-state index in [4.69, 9.17) is 0 Å². The van der Waals surface area contributed by atoms with Gasteiger partial charge in [0.1, 0.15) is 13.3 Å². The van der Waals surface area contributed by atoms with Gasteiger partial charge in [-0.25, -0.2) is 4.39 Å². The van der Waals surface area contributed by atoms with Gasteiger partial charge < -0.3 is 0 Å². The van der Waals surface area contributed by atoms with Crippen LogP contribution in [0.15, 0.2) is 0 Å². The van der Waals surface area contributed by atoms with Crippen LogP contribution in [0.5, 0.6) is 0 Å². The minimum absolute atomic E-state index is 1.12. The Morgan fingerprint density at radius 3 is 1.21 bits per heavy atom. The maximum Gasteiger partial charge on any atom is 0.508 e. The lowest BCUT2D eigenvalue weighted by Crippen LogP contribution is -2.74. The van der Waals surface area contributed by atoms with E-state index in [1.807, 2.05) is 0 Å². The summed E-state index contributed by atoms with van der Waals surface area (Å²) in [5.74, 6) is -57.0. The minimum atomic E-state index is -8.70. The summed E-state index contributed by atoms with van der Waals surface area (Å²) in [5, 5.41) is 0. The van der Waals surface area contributed by atoms with Crippen molar-refractivity contribution in [2.75, 3.05) is 19.4 Å². The predicted molar refractivity (Wildman–Crippen MR) is 69.7 cm³/mol. The lowest BCUT2D eigenvalue weighted by atomic mass is 9.88. The van der Waals surface area contributed by atoms with Gasteiger partial charge in [0.2, 0.25) is 0 Å². The molecule has 0 saturated carbocycles. The molecule has 198 valence electrons. The molecule has 0 radical (unpaired) electrons. The molecule has 0 heterocycles. The SMILES string of the molecule is O=[P+](CCC(F)(F)C(F)(F)C(F)(F)C(F)(F)C(F)(F)C(F)(F)C(F)(F)C(F)(F)F)OCCF. The lowest BCUT2D eigenvalue weighted by Gasteiger charge is -2.42. The fourth-order valence-electron chi connectivity index (χ4n) is 1.79. The first-order chi connectivity index (χ1) is 14.2. The predicted octanol–water partition coefficient (Wildman–Crippen LogP) is 7.11. The molecule has 1 unspecified atom stereocenters. The molecule has 0 amide bonds. The molecular formula is C12H8F18O2P+. The maximum atomic E-state index is 13.5. The Hall–Kier alpha value is -1.20. The van der Waals surface area contributed by atoms with Crippen molar-refractivity contribution in [3.05, 3.63) is 0 Å². The van der Waals surface area contributed by atoms with Gasteiger partial charge in [-0.3, -0.25) is 0 Å². The third-order valence-corrected chi connectivity index (χ3v) is 4.77. The molecular weight excluding hydrogens is 549 g/mol. The molecule has 21 heteroatoms. The standard InChI is InChI=1S/C12H8F18O2P/c13-2-3-32-33(31)4-1-5(14,15)6(16,17)7(18,19)8(20,21)9(22,23)10(24,25)11(26,27)12(28,29)30/h1-4H2/q+1. The van der Waals surface area contributed by atoms with Gasteiger partial charge in [-0.05, 0) is 4.57 Å². The zero-order valence-corrected chi connectivity index (χ0v) is 15.8. The zero-order chi connectivity index (χ0) is 27.1. The van der Waals surface area contributed by atoms with Gasteiger partial charge in [-0.2, -0.15) is 74.6 Å². The van der Waals surface area contributed by atoms with Gasteiger partial charge >= 0.3 is 55.7 Å². The van der Waals surface area contributed by atoms with Crippen molar-refractivity contribution in [3.63, 3.8) is 0 Å². The van der Waals surface area contributed by atoms with Crippen LogP contribution in [-0.2, 0) is 9.09 Å². The van der Waals surface area contributed by atoms with Crippen molar-refractivity contribution in [1.82, 2.24) is 0 Å². The minimum Gasteiger partial charge on any atom is -0.248 e. The van der Waals surface area contributed by atoms with Gasteiger partial charge in [-0.1, -0.05) is 0 Å². The molecule has 0 fully saturated rings. The Balaban J connectivity index is 6.34. The summed E-state index contributed by atoms with van der Waals surface area (Å²) >= 11 is 0. The first kappa shape index (κ1) is 31.8. The van der Waals surface area contributed by atoms with Crippen LogP contribution < -0.4 is 0 Å². The topological polar surface area (TPSA) is 26.3 Å². The Bertz CT molecular complexity index is 699. The molecule has 0 aromatic rings. The molecule has 0 spiro atoms. The highest BCUT2D eigenvalue weighted by Gasteiger charge is 2.95. The second kappa shape index (κ2) is 9.11. The summed E-state index contributed by atoms with van der Waals surface area (Å²) in [5.41, 5.74) is 0. The first-order valence-corrected chi connectivity index (χ1v) is 8.92. The van der Waals surface area contributed by atoms with E-state index in [0.29, 0.717) is 0 Å². The van der Waals surface area contributed by atoms with Gasteiger partial charge in [0.25, 0.3) is 0 Å². The van der Waals surface area contributed by atoms with Crippen molar-refractivity contribution < 1.29 is 88.1 Å². The molecule has 1 atom stereocenters. The largest absolute Gasteiger partial charge is 0.508 e. The summed E-state index contributed by atoms with van der Waals surface area (Å²) in [4.78, 5) is 0. The molecule has 0 aliphatic rings. The molecule has 2 nitrogen and oxygen atoms in total. The van der Waals surface area contributed by atoms with E-state index in [0.717, 1.165) is 0 Å². The van der Waals surface area contributed by atoms with Crippen molar-refractivity contribution >= 4 is 8.03 Å². The van der Waals surface area contributed by atoms with Gasteiger partial charge in [0.05, 0.1) is 6.42 Å². The highest BCUT2D eigenvalue weighted by Crippen LogP contribution is 2.64. The van der Waals surface area contributed by atoms with Crippen LogP contribution in [0.2, 0.25) is 0 Å². The van der Waals surface area contributed by atoms with Gasteiger partial charge in [-0.15, -0.1) is 4.52 Å². The fourth-order valence-corrected chi connectivity index (χ4v) is 2.65. The first-order valence-electron chi connectivity index (χ1n) is 7.55. The van der Waals surface area contributed by atoms with Crippen LogP contribution in [0, 0.1) is 0 Å². The fraction of sp³-hybridized carbons (Fsp3) is 1.00. The summed E-state index contributed by atoms with van der Waals surface area (Å²) in [6.45, 7) is -2.57. The van der Waals surface area contributed by atoms with Crippen LogP contribution in [0.1, 0.15) is 6.42 Å². The average molecular weight is 557 g/mol. The number of halogens is 18. The highest BCUT2D eigenvalue weighted by molar-refractivity contribution is 7.39. The van der Waals surface area contributed by atoms with Crippen molar-refractivity contribution in [3.8, 4) is 0 Å². The molecule has 0 saturated heterocycles. The van der Waals surface area contributed by atoms with E-state index in [1.54, 1.807) is 0 Å². The zero-order valence-electron chi connectivity index (χ0n) is 14.9. The van der Waals surface area contributed by atoms with Crippen LogP contribution in [0.3, 0.4) is 0 Å². The van der Waals surface area contributed by atoms with Crippen LogP contribution in [-0.4, -0.2) is 67.1 Å². The van der Waals surface area contributed by atoms with Gasteiger partial charge in [0.15, 0.2) is 6.16 Å². The second-order valence-corrected chi connectivity index (χ2v) is 7.35. The molecule has 0 rings (SSSR count). The van der Waals surface area contributed by atoms with Crippen LogP contribution in [0.25, 0.3) is 0 Å². The van der Waals surface area contributed by atoms with Crippen LogP contribution in [0.4, 0.5) is 79.0 Å². The molecule has 0 aromatic heterocycles.